The number of fused-ring (bicyclic) bond motifs is 1. The highest BCUT2D eigenvalue weighted by Crippen LogP contribution is 2.31. The molecule has 0 aliphatic heterocycles. The van der Waals surface area contributed by atoms with Crippen LogP contribution in [0.4, 0.5) is 0 Å². The van der Waals surface area contributed by atoms with Crippen LogP contribution in [-0.2, 0) is 6.42 Å². The van der Waals surface area contributed by atoms with Gasteiger partial charge in [0.05, 0.1) is 0 Å². The lowest BCUT2D eigenvalue weighted by Gasteiger charge is -2.24. The highest BCUT2D eigenvalue weighted by molar-refractivity contribution is 6.02. The van der Waals surface area contributed by atoms with E-state index in [1.165, 1.54) is 6.07 Å². The van der Waals surface area contributed by atoms with Crippen molar-refractivity contribution in [1.82, 2.24) is 10.3 Å². The van der Waals surface area contributed by atoms with Gasteiger partial charge in [-0.15, -0.1) is 0 Å². The summed E-state index contributed by atoms with van der Waals surface area (Å²) in [6.07, 6.45) is 0.963. The van der Waals surface area contributed by atoms with E-state index in [1.54, 1.807) is 0 Å². The van der Waals surface area contributed by atoms with Crippen LogP contribution in [0.15, 0.2) is 41.2 Å². The van der Waals surface area contributed by atoms with Gasteiger partial charge in [-0.1, -0.05) is 30.3 Å². The van der Waals surface area contributed by atoms with Gasteiger partial charge in [0.1, 0.15) is 5.56 Å². The van der Waals surface area contributed by atoms with E-state index in [4.69, 9.17) is 0 Å². The number of aromatic amines is 1. The molecule has 1 aromatic carbocycles. The van der Waals surface area contributed by atoms with Crippen LogP contribution < -0.4 is 10.9 Å². The lowest BCUT2D eigenvalue weighted by atomic mass is 9.81. The number of hydrogen-bond donors (Lipinski definition) is 2. The topological polar surface area (TPSA) is 79.0 Å². The van der Waals surface area contributed by atoms with Crippen molar-refractivity contribution in [2.24, 2.45) is 0 Å². The highest BCUT2D eigenvalue weighted by atomic mass is 16.2. The van der Waals surface area contributed by atoms with Gasteiger partial charge in [0, 0.05) is 23.2 Å². The first-order valence-electron chi connectivity index (χ1n) is 8.41. The molecular formula is C20H22N2O3. The molecule has 0 radical (unpaired) electrons. The quantitative estimate of drug-likeness (QED) is 0.884. The molecular weight excluding hydrogens is 316 g/mol. The molecule has 1 unspecified atom stereocenters. The number of benzene rings is 1. The van der Waals surface area contributed by atoms with Crippen molar-refractivity contribution < 1.29 is 9.59 Å². The Morgan fingerprint density at radius 1 is 1.12 bits per heavy atom. The first-order valence-corrected chi connectivity index (χ1v) is 8.41. The number of hydrogen-bond acceptors (Lipinski definition) is 3. The third kappa shape index (κ3) is 3.71. The summed E-state index contributed by atoms with van der Waals surface area (Å²) in [5, 5.41) is 2.76. The number of amides is 1. The van der Waals surface area contributed by atoms with Gasteiger partial charge < -0.3 is 10.3 Å². The van der Waals surface area contributed by atoms with E-state index < -0.39 is 17.0 Å². The fourth-order valence-corrected chi connectivity index (χ4v) is 3.17. The molecule has 0 saturated carbocycles. The average Bonchev–Trinajstić information content (AvgIpc) is 2.53. The Balaban J connectivity index is 1.94. The minimum atomic E-state index is -0.463. The largest absolute Gasteiger partial charge is 0.347 e. The molecule has 2 aromatic rings. The first-order chi connectivity index (χ1) is 11.7. The van der Waals surface area contributed by atoms with Crippen molar-refractivity contribution in [3.63, 3.8) is 0 Å². The van der Waals surface area contributed by atoms with Crippen LogP contribution in [0.25, 0.3) is 0 Å². The van der Waals surface area contributed by atoms with Crippen molar-refractivity contribution >= 4 is 11.7 Å². The minimum Gasteiger partial charge on any atom is -0.347 e. The summed E-state index contributed by atoms with van der Waals surface area (Å²) in [5.41, 5.74) is 1.22. The maximum atomic E-state index is 12.6. The number of Topliss-reactive ketones (excluding diaryl/α,β-unsaturated/α-hetero) is 1. The van der Waals surface area contributed by atoms with Crippen LogP contribution in [-0.4, -0.2) is 22.2 Å². The normalized spacial score (nSPS) is 17.1. The van der Waals surface area contributed by atoms with Crippen molar-refractivity contribution in [1.29, 1.82) is 0 Å². The predicted octanol–water partition coefficient (Wildman–Crippen LogP) is 2.82. The van der Waals surface area contributed by atoms with Crippen molar-refractivity contribution in [2.75, 3.05) is 0 Å². The van der Waals surface area contributed by atoms with E-state index in [9.17, 15) is 14.4 Å². The summed E-state index contributed by atoms with van der Waals surface area (Å²) >= 11 is 0. The zero-order valence-electron chi connectivity index (χ0n) is 14.7. The Kier molecular flexibility index (Phi) is 4.33. The van der Waals surface area contributed by atoms with E-state index in [2.05, 4.69) is 10.3 Å². The molecule has 3 rings (SSSR count). The molecule has 25 heavy (non-hydrogen) atoms. The SMILES string of the molecule is CC(C)(C)NC(=O)c1cc2c([nH]c1=O)CC(c1ccccc1)CC2=O. The van der Waals surface area contributed by atoms with E-state index in [1.807, 2.05) is 51.1 Å². The number of aromatic nitrogens is 1. The Hall–Kier alpha value is -2.69. The molecule has 0 fully saturated rings. The van der Waals surface area contributed by atoms with Crippen LogP contribution in [0.1, 0.15) is 65.1 Å². The monoisotopic (exact) mass is 338 g/mol. The van der Waals surface area contributed by atoms with Crippen LogP contribution in [0.2, 0.25) is 0 Å². The lowest BCUT2D eigenvalue weighted by molar-refractivity contribution is 0.0918. The summed E-state index contributed by atoms with van der Waals surface area (Å²) in [4.78, 5) is 40.0. The number of carbonyl (C=O) groups excluding carboxylic acids is 2. The smallest absolute Gasteiger partial charge is 0.261 e. The molecule has 1 heterocycles. The predicted molar refractivity (Wildman–Crippen MR) is 96.1 cm³/mol. The summed E-state index contributed by atoms with van der Waals surface area (Å²) < 4.78 is 0. The molecule has 2 N–H and O–H groups in total. The molecule has 1 aromatic heterocycles. The molecule has 1 atom stereocenters. The van der Waals surface area contributed by atoms with E-state index in [-0.39, 0.29) is 17.3 Å². The summed E-state index contributed by atoms with van der Waals surface area (Å²) in [7, 11) is 0. The molecule has 130 valence electrons. The second-order valence-corrected chi connectivity index (χ2v) is 7.55. The van der Waals surface area contributed by atoms with Crippen LogP contribution in [0.3, 0.4) is 0 Å². The molecule has 5 nitrogen and oxygen atoms in total. The van der Waals surface area contributed by atoms with Crippen LogP contribution >= 0.6 is 0 Å². The van der Waals surface area contributed by atoms with Gasteiger partial charge in [0.25, 0.3) is 11.5 Å². The maximum Gasteiger partial charge on any atom is 0.261 e. The Bertz CT molecular complexity index is 876. The van der Waals surface area contributed by atoms with Gasteiger partial charge in [-0.3, -0.25) is 14.4 Å². The second kappa shape index (κ2) is 6.31. The molecule has 0 saturated heterocycles. The van der Waals surface area contributed by atoms with E-state index in [0.29, 0.717) is 24.1 Å². The van der Waals surface area contributed by atoms with E-state index in [0.717, 1.165) is 5.56 Å². The maximum absolute atomic E-state index is 12.6. The molecule has 0 bridgehead atoms. The van der Waals surface area contributed by atoms with Gasteiger partial charge in [-0.05, 0) is 44.7 Å². The number of carbonyl (C=O) groups is 2. The Labute approximate surface area is 146 Å². The average molecular weight is 338 g/mol. The number of nitrogens with one attached hydrogen (secondary N) is 2. The second-order valence-electron chi connectivity index (χ2n) is 7.55. The third-order valence-corrected chi connectivity index (χ3v) is 4.31. The number of rotatable bonds is 2. The summed E-state index contributed by atoms with van der Waals surface area (Å²) in [6.45, 7) is 5.52. The van der Waals surface area contributed by atoms with Gasteiger partial charge in [0.2, 0.25) is 0 Å². The first kappa shape index (κ1) is 17.1. The van der Waals surface area contributed by atoms with Crippen molar-refractivity contribution in [2.45, 2.75) is 45.1 Å². The van der Waals surface area contributed by atoms with Crippen molar-refractivity contribution in [3.8, 4) is 0 Å². The summed E-state index contributed by atoms with van der Waals surface area (Å²) in [6, 6.07) is 11.2. The van der Waals surface area contributed by atoms with E-state index >= 15 is 0 Å². The van der Waals surface area contributed by atoms with Gasteiger partial charge in [-0.25, -0.2) is 0 Å². The number of ketones is 1. The Morgan fingerprint density at radius 2 is 1.80 bits per heavy atom. The van der Waals surface area contributed by atoms with Crippen molar-refractivity contribution in [3.05, 3.63) is 69.1 Å². The zero-order chi connectivity index (χ0) is 18.2. The molecule has 5 heteroatoms. The minimum absolute atomic E-state index is 0.0137. The zero-order valence-corrected chi connectivity index (χ0v) is 14.7. The highest BCUT2D eigenvalue weighted by Gasteiger charge is 2.29. The van der Waals surface area contributed by atoms with Gasteiger partial charge in [0.15, 0.2) is 5.78 Å². The number of pyridine rings is 1. The summed E-state index contributed by atoms with van der Waals surface area (Å²) in [5.74, 6) is -0.461. The molecule has 1 aliphatic carbocycles. The van der Waals surface area contributed by atoms with Crippen LogP contribution in [0.5, 0.6) is 0 Å². The Morgan fingerprint density at radius 3 is 2.44 bits per heavy atom. The standard InChI is InChI=1S/C20H22N2O3/c1-20(2,3)22-19(25)15-11-14-16(21-18(15)24)9-13(10-17(14)23)12-7-5-4-6-8-12/h4-8,11,13H,9-10H2,1-3H3,(H,21,24)(H,22,25). The van der Waals surface area contributed by atoms with Gasteiger partial charge >= 0.3 is 0 Å². The fraction of sp³-hybridized carbons (Fsp3) is 0.350. The lowest BCUT2D eigenvalue weighted by Crippen LogP contribution is -2.43. The fourth-order valence-electron chi connectivity index (χ4n) is 3.17. The third-order valence-electron chi connectivity index (χ3n) is 4.31. The molecule has 0 spiro atoms. The number of H-pyrrole nitrogens is 1. The van der Waals surface area contributed by atoms with Gasteiger partial charge in [-0.2, -0.15) is 0 Å². The van der Waals surface area contributed by atoms with Crippen LogP contribution in [0, 0.1) is 0 Å². The molecule has 1 amide bonds. The molecule has 1 aliphatic rings.